The second-order valence-electron chi connectivity index (χ2n) is 5.19. The molecule has 0 aliphatic rings. The molecule has 0 bridgehead atoms. The van der Waals surface area contributed by atoms with Crippen molar-refractivity contribution in [1.82, 2.24) is 0 Å². The molecule has 0 saturated carbocycles. The van der Waals surface area contributed by atoms with Crippen molar-refractivity contribution >= 4 is 0 Å². The summed E-state index contributed by atoms with van der Waals surface area (Å²) in [6.07, 6.45) is 0.387. The highest BCUT2D eigenvalue weighted by Crippen LogP contribution is 2.21. The van der Waals surface area contributed by atoms with Crippen LogP contribution in [-0.2, 0) is 6.42 Å². The zero-order valence-corrected chi connectivity index (χ0v) is 12.4. The Morgan fingerprint density at radius 1 is 1.10 bits per heavy atom. The normalized spacial score (nSPS) is 12.2. The molecule has 0 amide bonds. The molecule has 0 aliphatic heterocycles. The molecule has 0 aromatic heterocycles. The third-order valence-corrected chi connectivity index (χ3v) is 3.50. The topological polar surface area (TPSA) is 29.5 Å². The highest BCUT2D eigenvalue weighted by Gasteiger charge is 2.11. The lowest BCUT2D eigenvalue weighted by Gasteiger charge is -2.15. The summed E-state index contributed by atoms with van der Waals surface area (Å²) >= 11 is 0. The molecule has 1 atom stereocenters. The molecule has 0 aliphatic carbocycles. The van der Waals surface area contributed by atoms with Crippen LogP contribution >= 0.6 is 0 Å². The van der Waals surface area contributed by atoms with Crippen molar-refractivity contribution in [2.24, 2.45) is 0 Å². The molecule has 2 aromatic carbocycles. The molecule has 1 N–H and O–H groups in total. The summed E-state index contributed by atoms with van der Waals surface area (Å²) < 4.78 is 5.70. The molecule has 0 radical (unpaired) electrons. The van der Waals surface area contributed by atoms with Gasteiger partial charge in [-0.2, -0.15) is 0 Å². The third kappa shape index (κ3) is 3.61. The van der Waals surface area contributed by atoms with E-state index in [2.05, 4.69) is 26.0 Å². The zero-order chi connectivity index (χ0) is 14.5. The standard InChI is InChI=1S/C18H22O2/c1-4-15-6-5-7-16(11-15)20-12-18(19)17-9-8-13(2)10-14(17)3/h5-11,18-19H,4,12H2,1-3H3. The van der Waals surface area contributed by atoms with Gasteiger partial charge in [0, 0.05) is 0 Å². The van der Waals surface area contributed by atoms with Gasteiger partial charge in [0.05, 0.1) is 0 Å². The van der Waals surface area contributed by atoms with Crippen LogP contribution in [0.2, 0.25) is 0 Å². The number of hydrogen-bond donors (Lipinski definition) is 1. The Kier molecular flexibility index (Phi) is 4.80. The molecule has 0 fully saturated rings. The number of aliphatic hydroxyl groups is 1. The van der Waals surface area contributed by atoms with E-state index in [1.807, 2.05) is 37.3 Å². The molecule has 2 aromatic rings. The van der Waals surface area contributed by atoms with Gasteiger partial charge in [-0.1, -0.05) is 42.8 Å². The lowest BCUT2D eigenvalue weighted by atomic mass is 10.0. The number of aryl methyl sites for hydroxylation is 3. The SMILES string of the molecule is CCc1cccc(OCC(O)c2ccc(C)cc2C)c1. The molecule has 0 heterocycles. The first kappa shape index (κ1) is 14.6. The lowest BCUT2D eigenvalue weighted by Crippen LogP contribution is -2.11. The van der Waals surface area contributed by atoms with Crippen LogP contribution in [0.4, 0.5) is 0 Å². The molecule has 2 heteroatoms. The number of hydrogen-bond acceptors (Lipinski definition) is 2. The maximum atomic E-state index is 10.3. The van der Waals surface area contributed by atoms with Crippen molar-refractivity contribution in [2.75, 3.05) is 6.61 Å². The Hall–Kier alpha value is -1.80. The second-order valence-corrected chi connectivity index (χ2v) is 5.19. The van der Waals surface area contributed by atoms with Gasteiger partial charge in [-0.05, 0) is 49.1 Å². The largest absolute Gasteiger partial charge is 0.491 e. The number of benzene rings is 2. The summed E-state index contributed by atoms with van der Waals surface area (Å²) in [6, 6.07) is 14.1. The van der Waals surface area contributed by atoms with Crippen LogP contribution in [-0.4, -0.2) is 11.7 Å². The maximum Gasteiger partial charge on any atom is 0.119 e. The van der Waals surface area contributed by atoms with Crippen LogP contribution in [0.25, 0.3) is 0 Å². The van der Waals surface area contributed by atoms with Gasteiger partial charge in [0.2, 0.25) is 0 Å². The third-order valence-electron chi connectivity index (χ3n) is 3.50. The van der Waals surface area contributed by atoms with Crippen LogP contribution in [0.5, 0.6) is 5.75 Å². The van der Waals surface area contributed by atoms with Gasteiger partial charge in [-0.25, -0.2) is 0 Å². The monoisotopic (exact) mass is 270 g/mol. The van der Waals surface area contributed by atoms with Crippen LogP contribution in [0.15, 0.2) is 42.5 Å². The van der Waals surface area contributed by atoms with Gasteiger partial charge >= 0.3 is 0 Å². The number of ether oxygens (including phenoxy) is 1. The van der Waals surface area contributed by atoms with Gasteiger partial charge in [-0.15, -0.1) is 0 Å². The predicted octanol–water partition coefficient (Wildman–Crippen LogP) is 3.98. The van der Waals surface area contributed by atoms with Crippen molar-refractivity contribution in [3.8, 4) is 5.75 Å². The highest BCUT2D eigenvalue weighted by molar-refractivity contribution is 5.32. The minimum atomic E-state index is -0.596. The quantitative estimate of drug-likeness (QED) is 0.890. The first-order valence-corrected chi connectivity index (χ1v) is 7.07. The summed E-state index contributed by atoms with van der Waals surface area (Å²) in [5.74, 6) is 0.813. The smallest absolute Gasteiger partial charge is 0.119 e. The Morgan fingerprint density at radius 3 is 2.60 bits per heavy atom. The molecular weight excluding hydrogens is 248 g/mol. The molecular formula is C18H22O2. The van der Waals surface area contributed by atoms with E-state index in [1.54, 1.807) is 0 Å². The summed E-state index contributed by atoms with van der Waals surface area (Å²) in [6.45, 7) is 6.46. The molecule has 20 heavy (non-hydrogen) atoms. The average Bonchev–Trinajstić information content (AvgIpc) is 2.45. The van der Waals surface area contributed by atoms with E-state index in [9.17, 15) is 5.11 Å². The fourth-order valence-corrected chi connectivity index (χ4v) is 2.32. The minimum Gasteiger partial charge on any atom is -0.491 e. The highest BCUT2D eigenvalue weighted by atomic mass is 16.5. The van der Waals surface area contributed by atoms with Crippen LogP contribution < -0.4 is 4.74 Å². The summed E-state index contributed by atoms with van der Waals surface area (Å²) in [4.78, 5) is 0. The van der Waals surface area contributed by atoms with Gasteiger partial charge in [-0.3, -0.25) is 0 Å². The number of rotatable bonds is 5. The van der Waals surface area contributed by atoms with Crippen LogP contribution in [0.3, 0.4) is 0 Å². The van der Waals surface area contributed by atoms with Crippen LogP contribution in [0, 0.1) is 13.8 Å². The Bertz CT molecular complexity index is 575. The molecule has 2 rings (SSSR count). The van der Waals surface area contributed by atoms with Crippen molar-refractivity contribution in [3.05, 3.63) is 64.7 Å². The van der Waals surface area contributed by atoms with E-state index < -0.39 is 6.10 Å². The molecule has 0 saturated heterocycles. The van der Waals surface area contributed by atoms with Crippen molar-refractivity contribution in [1.29, 1.82) is 0 Å². The Labute approximate surface area is 121 Å². The van der Waals surface area contributed by atoms with Crippen molar-refractivity contribution in [3.63, 3.8) is 0 Å². The fraction of sp³-hybridized carbons (Fsp3) is 0.333. The predicted molar refractivity (Wildman–Crippen MR) is 82.2 cm³/mol. The first-order chi connectivity index (χ1) is 9.60. The molecule has 1 unspecified atom stereocenters. The zero-order valence-electron chi connectivity index (χ0n) is 12.4. The van der Waals surface area contributed by atoms with Gasteiger partial charge in [0.1, 0.15) is 18.5 Å². The van der Waals surface area contributed by atoms with Crippen molar-refractivity contribution < 1.29 is 9.84 Å². The fourth-order valence-electron chi connectivity index (χ4n) is 2.32. The van der Waals surface area contributed by atoms with E-state index in [1.165, 1.54) is 11.1 Å². The van der Waals surface area contributed by atoms with Gasteiger partial charge in [0.15, 0.2) is 0 Å². The minimum absolute atomic E-state index is 0.275. The van der Waals surface area contributed by atoms with E-state index in [0.29, 0.717) is 0 Å². The molecule has 106 valence electrons. The Morgan fingerprint density at radius 2 is 1.90 bits per heavy atom. The van der Waals surface area contributed by atoms with E-state index in [4.69, 9.17) is 4.74 Å². The van der Waals surface area contributed by atoms with Crippen molar-refractivity contribution in [2.45, 2.75) is 33.3 Å². The summed E-state index contributed by atoms with van der Waals surface area (Å²) in [5.41, 5.74) is 4.48. The summed E-state index contributed by atoms with van der Waals surface area (Å²) in [5, 5.41) is 10.3. The van der Waals surface area contributed by atoms with E-state index in [-0.39, 0.29) is 6.61 Å². The van der Waals surface area contributed by atoms with E-state index in [0.717, 1.165) is 23.3 Å². The first-order valence-electron chi connectivity index (χ1n) is 7.07. The summed E-state index contributed by atoms with van der Waals surface area (Å²) in [7, 11) is 0. The number of aliphatic hydroxyl groups excluding tert-OH is 1. The van der Waals surface area contributed by atoms with Gasteiger partial charge < -0.3 is 9.84 Å². The second kappa shape index (κ2) is 6.58. The molecule has 2 nitrogen and oxygen atoms in total. The van der Waals surface area contributed by atoms with E-state index >= 15 is 0 Å². The average molecular weight is 270 g/mol. The van der Waals surface area contributed by atoms with Crippen LogP contribution in [0.1, 0.15) is 35.3 Å². The maximum absolute atomic E-state index is 10.3. The van der Waals surface area contributed by atoms with Gasteiger partial charge in [0.25, 0.3) is 0 Å². The Balaban J connectivity index is 2.02. The molecule has 0 spiro atoms. The lowest BCUT2D eigenvalue weighted by molar-refractivity contribution is 0.107.